The third kappa shape index (κ3) is 3.59. The Bertz CT molecular complexity index is 599. The van der Waals surface area contributed by atoms with Gasteiger partial charge in [-0.2, -0.15) is 4.73 Å². The van der Waals surface area contributed by atoms with Crippen LogP contribution in [-0.4, -0.2) is 6.03 Å². The fourth-order valence-corrected chi connectivity index (χ4v) is 1.63. The third-order valence-electron chi connectivity index (χ3n) is 2.46. The monoisotopic (exact) mass is 277 g/mol. The number of anilines is 2. The molecule has 0 aliphatic heterocycles. The fourth-order valence-electron chi connectivity index (χ4n) is 1.51. The van der Waals surface area contributed by atoms with Gasteiger partial charge in [-0.1, -0.05) is 11.6 Å². The first-order valence-electron chi connectivity index (χ1n) is 5.58. The molecule has 0 fully saturated rings. The van der Waals surface area contributed by atoms with E-state index in [0.717, 1.165) is 4.73 Å². The normalized spacial score (nSPS) is 10.0. The highest BCUT2D eigenvalue weighted by Gasteiger charge is 2.05. The Hall–Kier alpha value is -2.27. The van der Waals surface area contributed by atoms with Crippen molar-refractivity contribution >= 4 is 29.0 Å². The highest BCUT2D eigenvalue weighted by atomic mass is 35.5. The molecule has 2 amide bonds. The number of carbonyl (C=O) groups excluding carboxylic acids is 1. The van der Waals surface area contributed by atoms with Crippen molar-refractivity contribution in [3.8, 4) is 0 Å². The number of halogens is 1. The number of aryl methyl sites for hydroxylation is 1. The van der Waals surface area contributed by atoms with E-state index in [0.29, 0.717) is 22.1 Å². The van der Waals surface area contributed by atoms with E-state index in [2.05, 4.69) is 10.6 Å². The molecule has 0 saturated heterocycles. The number of carbonyl (C=O) groups is 1. The van der Waals surface area contributed by atoms with Crippen LogP contribution in [-0.2, 0) is 0 Å². The Morgan fingerprint density at radius 3 is 2.42 bits per heavy atom. The van der Waals surface area contributed by atoms with E-state index in [1.165, 1.54) is 12.3 Å². The van der Waals surface area contributed by atoms with Gasteiger partial charge in [0.15, 0.2) is 11.9 Å². The summed E-state index contributed by atoms with van der Waals surface area (Å²) in [6.45, 7) is 1.66. The number of hydrogen-bond donors (Lipinski definition) is 2. The molecule has 2 rings (SSSR count). The van der Waals surface area contributed by atoms with Crippen LogP contribution in [0.2, 0.25) is 5.02 Å². The number of nitrogens with one attached hydrogen (secondary N) is 2. The van der Waals surface area contributed by atoms with Crippen LogP contribution in [0.25, 0.3) is 0 Å². The molecule has 1 aromatic heterocycles. The van der Waals surface area contributed by atoms with Crippen molar-refractivity contribution in [2.45, 2.75) is 6.92 Å². The van der Waals surface area contributed by atoms with Crippen molar-refractivity contribution in [3.05, 3.63) is 58.5 Å². The topological polar surface area (TPSA) is 68.1 Å². The molecule has 0 saturated carbocycles. The van der Waals surface area contributed by atoms with Crippen LogP contribution in [0, 0.1) is 12.1 Å². The van der Waals surface area contributed by atoms with Crippen LogP contribution < -0.4 is 15.4 Å². The standard InChI is InChI=1S/C13H12ClN3O2/c1-9-8-12(6-7-17(9)19)16-13(18)15-11-4-2-10(14)3-5-11/h2-8H,1H3,(H2,15,16,18). The molecule has 5 nitrogen and oxygen atoms in total. The summed E-state index contributed by atoms with van der Waals surface area (Å²) in [7, 11) is 0. The lowest BCUT2D eigenvalue weighted by atomic mass is 10.3. The van der Waals surface area contributed by atoms with E-state index >= 15 is 0 Å². The second-order valence-corrected chi connectivity index (χ2v) is 4.41. The summed E-state index contributed by atoms with van der Waals surface area (Å²) in [5.74, 6) is 0. The maximum atomic E-state index is 11.7. The van der Waals surface area contributed by atoms with Gasteiger partial charge in [0.25, 0.3) is 0 Å². The van der Waals surface area contributed by atoms with Crippen LogP contribution in [0.15, 0.2) is 42.6 Å². The van der Waals surface area contributed by atoms with Crippen molar-refractivity contribution in [3.63, 3.8) is 0 Å². The zero-order valence-corrected chi connectivity index (χ0v) is 10.9. The van der Waals surface area contributed by atoms with E-state index in [-0.39, 0.29) is 6.03 Å². The lowest BCUT2D eigenvalue weighted by Crippen LogP contribution is -2.29. The van der Waals surface area contributed by atoms with Crippen molar-refractivity contribution in [1.82, 2.24) is 0 Å². The maximum Gasteiger partial charge on any atom is 0.323 e. The second-order valence-electron chi connectivity index (χ2n) is 3.97. The molecule has 0 bridgehead atoms. The summed E-state index contributed by atoms with van der Waals surface area (Å²) in [4.78, 5) is 11.7. The summed E-state index contributed by atoms with van der Waals surface area (Å²) in [6, 6.07) is 9.50. The molecule has 0 unspecified atom stereocenters. The van der Waals surface area contributed by atoms with Gasteiger partial charge in [0.2, 0.25) is 0 Å². The lowest BCUT2D eigenvalue weighted by molar-refractivity contribution is -0.612. The van der Waals surface area contributed by atoms with Gasteiger partial charge >= 0.3 is 6.03 Å². The SMILES string of the molecule is Cc1cc(NC(=O)Nc2ccc(Cl)cc2)cc[n+]1[O-]. The Kier molecular flexibility index (Phi) is 3.87. The molecular weight excluding hydrogens is 266 g/mol. The van der Waals surface area contributed by atoms with Crippen LogP contribution in [0.1, 0.15) is 5.69 Å². The number of aromatic nitrogens is 1. The first-order valence-corrected chi connectivity index (χ1v) is 5.96. The van der Waals surface area contributed by atoms with Gasteiger partial charge in [-0.05, 0) is 24.3 Å². The minimum atomic E-state index is -0.384. The van der Waals surface area contributed by atoms with Crippen LogP contribution in [0.3, 0.4) is 0 Å². The predicted molar refractivity (Wildman–Crippen MR) is 74.2 cm³/mol. The van der Waals surface area contributed by atoms with E-state index < -0.39 is 0 Å². The van der Waals surface area contributed by atoms with Crippen LogP contribution in [0.5, 0.6) is 0 Å². The molecule has 0 spiro atoms. The smallest absolute Gasteiger partial charge is 0.323 e. The summed E-state index contributed by atoms with van der Waals surface area (Å²) >= 11 is 5.75. The number of nitrogens with zero attached hydrogens (tertiary/aromatic N) is 1. The van der Waals surface area contributed by atoms with Gasteiger partial charge in [0.05, 0.1) is 5.69 Å². The van der Waals surface area contributed by atoms with Crippen LogP contribution in [0.4, 0.5) is 16.2 Å². The van der Waals surface area contributed by atoms with Gasteiger partial charge in [0.1, 0.15) is 0 Å². The molecule has 0 aliphatic carbocycles. The second kappa shape index (κ2) is 5.58. The average molecular weight is 278 g/mol. The summed E-state index contributed by atoms with van der Waals surface area (Å²) < 4.78 is 0.724. The molecule has 98 valence electrons. The zero-order valence-electron chi connectivity index (χ0n) is 10.2. The third-order valence-corrected chi connectivity index (χ3v) is 2.71. The molecule has 19 heavy (non-hydrogen) atoms. The minimum Gasteiger partial charge on any atom is -0.619 e. The van der Waals surface area contributed by atoms with Gasteiger partial charge in [0, 0.05) is 29.8 Å². The number of pyridine rings is 1. The molecule has 0 atom stereocenters. The predicted octanol–water partition coefficient (Wildman–Crippen LogP) is 2.93. The van der Waals surface area contributed by atoms with E-state index in [9.17, 15) is 10.0 Å². The lowest BCUT2D eigenvalue weighted by Gasteiger charge is -2.08. The molecule has 2 N–H and O–H groups in total. The summed E-state index contributed by atoms with van der Waals surface area (Å²) in [5, 5.41) is 17.1. The molecular formula is C13H12ClN3O2. The maximum absolute atomic E-state index is 11.7. The fraction of sp³-hybridized carbons (Fsp3) is 0.0769. The number of amides is 2. The Labute approximate surface area is 115 Å². The van der Waals surface area contributed by atoms with Crippen molar-refractivity contribution < 1.29 is 9.52 Å². The average Bonchev–Trinajstić information content (AvgIpc) is 2.37. The zero-order chi connectivity index (χ0) is 13.8. The van der Waals surface area contributed by atoms with E-state index in [4.69, 9.17) is 11.6 Å². The largest absolute Gasteiger partial charge is 0.619 e. The first kappa shape index (κ1) is 13.2. The van der Waals surface area contributed by atoms with Gasteiger partial charge in [-0.25, -0.2) is 4.79 Å². The number of benzene rings is 1. The highest BCUT2D eigenvalue weighted by Crippen LogP contribution is 2.14. The van der Waals surface area contributed by atoms with Crippen molar-refractivity contribution in [2.24, 2.45) is 0 Å². The number of rotatable bonds is 2. The van der Waals surface area contributed by atoms with Gasteiger partial charge in [-0.15, -0.1) is 0 Å². The quantitative estimate of drug-likeness (QED) is 0.655. The van der Waals surface area contributed by atoms with E-state index in [1.807, 2.05) is 0 Å². The molecule has 2 aromatic rings. The Balaban J connectivity index is 2.01. The number of urea groups is 1. The first-order chi connectivity index (χ1) is 9.04. The Morgan fingerprint density at radius 1 is 1.16 bits per heavy atom. The summed E-state index contributed by atoms with van der Waals surface area (Å²) in [5.41, 5.74) is 1.69. The van der Waals surface area contributed by atoms with Crippen molar-refractivity contribution in [2.75, 3.05) is 10.6 Å². The Morgan fingerprint density at radius 2 is 1.79 bits per heavy atom. The molecule has 1 heterocycles. The molecule has 0 radical (unpaired) electrons. The van der Waals surface area contributed by atoms with Crippen LogP contribution >= 0.6 is 11.6 Å². The molecule has 1 aromatic carbocycles. The van der Waals surface area contributed by atoms with Crippen molar-refractivity contribution in [1.29, 1.82) is 0 Å². The molecule has 0 aliphatic rings. The highest BCUT2D eigenvalue weighted by molar-refractivity contribution is 6.30. The van der Waals surface area contributed by atoms with E-state index in [1.54, 1.807) is 37.3 Å². The van der Waals surface area contributed by atoms with Gasteiger partial charge < -0.3 is 15.8 Å². The minimum absolute atomic E-state index is 0.384. The molecule has 6 heteroatoms. The number of hydrogen-bond acceptors (Lipinski definition) is 2. The van der Waals surface area contributed by atoms with Gasteiger partial charge in [-0.3, -0.25) is 0 Å². The summed E-state index contributed by atoms with van der Waals surface area (Å²) in [6.07, 6.45) is 1.34.